The van der Waals surface area contributed by atoms with Crippen LogP contribution in [0.3, 0.4) is 0 Å². The zero-order chi connectivity index (χ0) is 11.9. The average molecular weight is 277 g/mol. The standard InChI is InChI=1S/C11H8ClF2PS/c1-5(15-2)10-9(12)8-6(13)3-4-7(14)11(8)16-10/h3-4H,1-2H3. The molecule has 0 saturated carbocycles. The molecular formula is C11H8ClF2PS. The summed E-state index contributed by atoms with van der Waals surface area (Å²) in [7, 11) is 1.05. The van der Waals surface area contributed by atoms with E-state index in [1.54, 1.807) is 0 Å². The zero-order valence-corrected chi connectivity index (χ0v) is 11.1. The Morgan fingerprint density at radius 2 is 1.94 bits per heavy atom. The summed E-state index contributed by atoms with van der Waals surface area (Å²) in [5.74, 6) is -0.889. The molecule has 0 amide bonds. The molecule has 1 heterocycles. The topological polar surface area (TPSA) is 0 Å². The second-order valence-corrected chi connectivity index (χ2v) is 5.80. The van der Waals surface area contributed by atoms with Crippen molar-refractivity contribution in [2.75, 3.05) is 6.66 Å². The summed E-state index contributed by atoms with van der Waals surface area (Å²) in [5.41, 5.74) is 0. The van der Waals surface area contributed by atoms with Gasteiger partial charge in [0.05, 0.1) is 20.0 Å². The van der Waals surface area contributed by atoms with Crippen molar-refractivity contribution in [2.24, 2.45) is 0 Å². The second kappa shape index (κ2) is 4.40. The fourth-order valence-corrected chi connectivity index (χ4v) is 3.73. The predicted molar refractivity (Wildman–Crippen MR) is 69.4 cm³/mol. The molecule has 0 aliphatic rings. The van der Waals surface area contributed by atoms with E-state index in [2.05, 4.69) is 0 Å². The smallest absolute Gasteiger partial charge is 0.141 e. The van der Waals surface area contributed by atoms with Gasteiger partial charge >= 0.3 is 0 Å². The highest BCUT2D eigenvalue weighted by atomic mass is 35.5. The fourth-order valence-electron chi connectivity index (χ4n) is 1.43. The van der Waals surface area contributed by atoms with Gasteiger partial charge in [-0.25, -0.2) is 8.78 Å². The lowest BCUT2D eigenvalue weighted by Gasteiger charge is -1.95. The molecule has 0 bridgehead atoms. The van der Waals surface area contributed by atoms with E-state index in [0.29, 0.717) is 9.72 Å². The normalized spacial score (nSPS) is 12.4. The molecule has 0 fully saturated rings. The van der Waals surface area contributed by atoms with Crippen LogP contribution in [0, 0.1) is 11.6 Å². The zero-order valence-electron chi connectivity index (χ0n) is 8.64. The highest BCUT2D eigenvalue weighted by molar-refractivity contribution is 7.42. The first kappa shape index (κ1) is 12.0. The van der Waals surface area contributed by atoms with Crippen LogP contribution in [0.25, 0.3) is 10.1 Å². The molecule has 0 spiro atoms. The van der Waals surface area contributed by atoms with Crippen LogP contribution in [-0.4, -0.2) is 12.0 Å². The van der Waals surface area contributed by atoms with E-state index in [1.807, 2.05) is 13.6 Å². The molecule has 0 atom stereocenters. The largest absolute Gasteiger partial charge is 0.206 e. The lowest BCUT2D eigenvalue weighted by molar-refractivity contribution is 0.619. The minimum atomic E-state index is -0.468. The minimum Gasteiger partial charge on any atom is -0.206 e. The van der Waals surface area contributed by atoms with Crippen molar-refractivity contribution in [3.63, 3.8) is 0 Å². The Kier molecular flexibility index (Phi) is 3.29. The van der Waals surface area contributed by atoms with E-state index in [4.69, 9.17) is 11.6 Å². The van der Waals surface area contributed by atoms with E-state index < -0.39 is 11.6 Å². The van der Waals surface area contributed by atoms with Crippen molar-refractivity contribution in [2.45, 2.75) is 6.92 Å². The number of benzene rings is 1. The number of hydrogen-bond acceptors (Lipinski definition) is 1. The number of fused-ring (bicyclic) bond motifs is 1. The molecular weight excluding hydrogens is 269 g/mol. The number of hydrogen-bond donors (Lipinski definition) is 0. The predicted octanol–water partition coefficient (Wildman–Crippen LogP) is 4.95. The van der Waals surface area contributed by atoms with Gasteiger partial charge in [-0.15, -0.1) is 19.5 Å². The summed E-state index contributed by atoms with van der Waals surface area (Å²) in [6.45, 7) is 3.87. The van der Waals surface area contributed by atoms with Crippen LogP contribution in [-0.2, 0) is 0 Å². The van der Waals surface area contributed by atoms with Crippen LogP contribution in [0.15, 0.2) is 12.1 Å². The van der Waals surface area contributed by atoms with Crippen molar-refractivity contribution in [3.8, 4) is 0 Å². The average Bonchev–Trinajstić information content (AvgIpc) is 2.62. The lowest BCUT2D eigenvalue weighted by atomic mass is 10.2. The Morgan fingerprint density at radius 1 is 1.31 bits per heavy atom. The van der Waals surface area contributed by atoms with Gasteiger partial charge in [0, 0.05) is 0 Å². The molecule has 2 aromatic rings. The van der Waals surface area contributed by atoms with Crippen LogP contribution in [0.5, 0.6) is 0 Å². The highest BCUT2D eigenvalue weighted by Crippen LogP contribution is 2.39. The summed E-state index contributed by atoms with van der Waals surface area (Å²) < 4.78 is 27.3. The molecule has 1 aromatic carbocycles. The molecule has 16 heavy (non-hydrogen) atoms. The van der Waals surface area contributed by atoms with Crippen molar-refractivity contribution in [3.05, 3.63) is 33.7 Å². The van der Waals surface area contributed by atoms with Crippen molar-refractivity contribution in [1.29, 1.82) is 0 Å². The van der Waals surface area contributed by atoms with Gasteiger partial charge in [0.15, 0.2) is 0 Å². The summed E-state index contributed by atoms with van der Waals surface area (Å²) >= 11 is 7.29. The quantitative estimate of drug-likeness (QED) is 0.647. The Bertz CT molecular complexity index is 589. The molecule has 0 N–H and O–H groups in total. The molecule has 0 saturated heterocycles. The summed E-state index contributed by atoms with van der Waals surface area (Å²) in [4.78, 5) is 0.768. The Morgan fingerprint density at radius 3 is 2.50 bits per heavy atom. The minimum absolute atomic E-state index is 0.199. The van der Waals surface area contributed by atoms with Gasteiger partial charge in [-0.05, 0) is 31.0 Å². The van der Waals surface area contributed by atoms with Crippen LogP contribution in [0.1, 0.15) is 11.8 Å². The third-order valence-electron chi connectivity index (χ3n) is 2.35. The molecule has 5 heteroatoms. The number of thiophene rings is 1. The summed E-state index contributed by atoms with van der Waals surface area (Å²) in [6, 6.07) is 2.24. The Balaban J connectivity index is 2.88. The van der Waals surface area contributed by atoms with Crippen LogP contribution in [0.4, 0.5) is 8.78 Å². The maximum atomic E-state index is 13.6. The van der Waals surface area contributed by atoms with E-state index >= 15 is 0 Å². The van der Waals surface area contributed by atoms with Gasteiger partial charge in [-0.1, -0.05) is 11.6 Å². The second-order valence-electron chi connectivity index (χ2n) is 3.29. The van der Waals surface area contributed by atoms with Gasteiger partial charge in [0.2, 0.25) is 0 Å². The first-order valence-electron chi connectivity index (χ1n) is 4.56. The summed E-state index contributed by atoms with van der Waals surface area (Å²) in [6.07, 6.45) is 0. The molecule has 0 unspecified atom stereocenters. The van der Waals surface area contributed by atoms with Crippen LogP contribution in [0.2, 0.25) is 5.02 Å². The van der Waals surface area contributed by atoms with Crippen molar-refractivity contribution in [1.82, 2.24) is 0 Å². The Hall–Kier alpha value is -0.500. The van der Waals surface area contributed by atoms with E-state index in [-0.39, 0.29) is 5.39 Å². The highest BCUT2D eigenvalue weighted by Gasteiger charge is 2.17. The maximum absolute atomic E-state index is 13.6. The third kappa shape index (κ3) is 1.77. The lowest BCUT2D eigenvalue weighted by Crippen LogP contribution is -1.86. The molecule has 84 valence electrons. The fraction of sp³-hybridized carbons (Fsp3) is 0.182. The van der Waals surface area contributed by atoms with Crippen LogP contribution < -0.4 is 0 Å². The van der Waals surface area contributed by atoms with Crippen molar-refractivity contribution < 1.29 is 8.78 Å². The van der Waals surface area contributed by atoms with E-state index in [0.717, 1.165) is 30.5 Å². The van der Waals surface area contributed by atoms with Gasteiger partial charge < -0.3 is 0 Å². The van der Waals surface area contributed by atoms with Crippen LogP contribution >= 0.6 is 31.1 Å². The molecule has 2 rings (SSSR count). The van der Waals surface area contributed by atoms with Gasteiger partial charge in [-0.3, -0.25) is 0 Å². The Labute approximate surface area is 103 Å². The van der Waals surface area contributed by atoms with Gasteiger partial charge in [-0.2, -0.15) is 0 Å². The maximum Gasteiger partial charge on any atom is 0.141 e. The molecule has 0 radical (unpaired) electrons. The monoisotopic (exact) mass is 276 g/mol. The van der Waals surface area contributed by atoms with Gasteiger partial charge in [0.25, 0.3) is 0 Å². The summed E-state index contributed by atoms with van der Waals surface area (Å²) in [5, 5.41) is 1.54. The van der Waals surface area contributed by atoms with Crippen molar-refractivity contribution >= 4 is 46.5 Å². The van der Waals surface area contributed by atoms with E-state index in [1.165, 1.54) is 11.3 Å². The molecule has 0 nitrogen and oxygen atoms in total. The van der Waals surface area contributed by atoms with E-state index in [9.17, 15) is 8.78 Å². The molecule has 0 aliphatic heterocycles. The number of halogens is 3. The molecule has 0 aliphatic carbocycles. The number of rotatable bonds is 1. The third-order valence-corrected chi connectivity index (χ3v) is 5.20. The molecule has 1 aromatic heterocycles. The first-order valence-corrected chi connectivity index (χ1v) is 7.09. The SMILES string of the molecule is CP=C(C)c1sc2c(F)ccc(F)c2c1Cl. The first-order chi connectivity index (χ1) is 7.56. The van der Waals surface area contributed by atoms with Gasteiger partial charge in [0.1, 0.15) is 11.6 Å².